The van der Waals surface area contributed by atoms with Crippen LogP contribution in [0.1, 0.15) is 42.4 Å². The Labute approximate surface area is 159 Å². The van der Waals surface area contributed by atoms with Gasteiger partial charge in [-0.15, -0.1) is 0 Å². The Hall–Kier alpha value is -2.21. The molecule has 0 bridgehead atoms. The van der Waals surface area contributed by atoms with Crippen LogP contribution in [0.25, 0.3) is 0 Å². The maximum atomic E-state index is 13.8. The van der Waals surface area contributed by atoms with E-state index in [1.54, 1.807) is 31.2 Å². The Balaban J connectivity index is 1.94. The molecule has 2 aromatic carbocycles. The second-order valence-corrected chi connectivity index (χ2v) is 9.37. The summed E-state index contributed by atoms with van der Waals surface area (Å²) >= 11 is 0. The van der Waals surface area contributed by atoms with E-state index in [4.69, 9.17) is 4.74 Å². The lowest BCUT2D eigenvalue weighted by atomic mass is 10.1. The number of sulfone groups is 1. The highest BCUT2D eigenvalue weighted by molar-refractivity contribution is 7.93. The van der Waals surface area contributed by atoms with Gasteiger partial charge in [-0.25, -0.2) is 12.8 Å². The van der Waals surface area contributed by atoms with Gasteiger partial charge < -0.3 is 4.74 Å². The van der Waals surface area contributed by atoms with E-state index in [-0.39, 0.29) is 29.9 Å². The molecule has 4 nitrogen and oxygen atoms in total. The van der Waals surface area contributed by atoms with Crippen LogP contribution in [0, 0.1) is 19.7 Å². The summed E-state index contributed by atoms with van der Waals surface area (Å²) in [6.45, 7) is 3.26. The van der Waals surface area contributed by atoms with Crippen LogP contribution >= 0.6 is 0 Å². The first-order valence-electron chi connectivity index (χ1n) is 9.00. The lowest BCUT2D eigenvalue weighted by Crippen LogP contribution is -2.45. The maximum absolute atomic E-state index is 13.8. The minimum absolute atomic E-state index is 0.173. The number of halogens is 1. The van der Waals surface area contributed by atoms with Gasteiger partial charge in [-0.3, -0.25) is 4.79 Å². The van der Waals surface area contributed by atoms with Gasteiger partial charge in [0.2, 0.25) is 0 Å². The highest BCUT2D eigenvalue weighted by atomic mass is 32.2. The molecule has 0 amide bonds. The molecule has 144 valence electrons. The third kappa shape index (κ3) is 3.50. The quantitative estimate of drug-likeness (QED) is 0.715. The molecular formula is C21H23FO4S. The summed E-state index contributed by atoms with van der Waals surface area (Å²) in [4.78, 5) is 13.1. The van der Waals surface area contributed by atoms with Crippen LogP contribution in [0.4, 0.5) is 4.39 Å². The average molecular weight is 390 g/mol. The molecule has 1 saturated carbocycles. The van der Waals surface area contributed by atoms with E-state index in [0.717, 1.165) is 5.56 Å². The van der Waals surface area contributed by atoms with Crippen molar-refractivity contribution in [3.63, 3.8) is 0 Å². The van der Waals surface area contributed by atoms with Crippen LogP contribution in [0.2, 0.25) is 0 Å². The second kappa shape index (κ2) is 7.43. The summed E-state index contributed by atoms with van der Waals surface area (Å²) in [5.74, 6) is -1.27. The maximum Gasteiger partial charge on any atom is 0.328 e. The minimum atomic E-state index is -3.94. The molecule has 1 aliphatic rings. The first kappa shape index (κ1) is 19.5. The second-order valence-electron chi connectivity index (χ2n) is 7.14. The van der Waals surface area contributed by atoms with Crippen molar-refractivity contribution in [3.8, 4) is 0 Å². The summed E-state index contributed by atoms with van der Waals surface area (Å²) in [7, 11) is -3.94. The average Bonchev–Trinajstić information content (AvgIpc) is 3.14. The summed E-state index contributed by atoms with van der Waals surface area (Å²) in [6, 6.07) is 11.2. The van der Waals surface area contributed by atoms with Crippen LogP contribution in [-0.2, 0) is 26.0 Å². The SMILES string of the molecule is Cc1ccc(C)c(S(=O)(=O)C2(C(=O)OCc3ccccc3F)CCCC2)c1. The van der Waals surface area contributed by atoms with Crippen LogP contribution < -0.4 is 0 Å². The smallest absolute Gasteiger partial charge is 0.328 e. The number of esters is 1. The predicted octanol–water partition coefficient (Wildman–Crippen LogP) is 4.27. The molecule has 2 aromatic rings. The Morgan fingerprint density at radius 1 is 1.11 bits per heavy atom. The monoisotopic (exact) mass is 390 g/mol. The van der Waals surface area contributed by atoms with Crippen molar-refractivity contribution in [3.05, 3.63) is 65.0 Å². The molecule has 0 heterocycles. The minimum Gasteiger partial charge on any atom is -0.460 e. The van der Waals surface area contributed by atoms with Gasteiger partial charge in [-0.2, -0.15) is 0 Å². The Morgan fingerprint density at radius 2 is 1.78 bits per heavy atom. The van der Waals surface area contributed by atoms with Gasteiger partial charge in [-0.1, -0.05) is 43.2 Å². The van der Waals surface area contributed by atoms with Crippen molar-refractivity contribution >= 4 is 15.8 Å². The molecular weight excluding hydrogens is 367 g/mol. The van der Waals surface area contributed by atoms with Gasteiger partial charge in [0.05, 0.1) is 4.90 Å². The molecule has 0 aliphatic heterocycles. The molecule has 27 heavy (non-hydrogen) atoms. The topological polar surface area (TPSA) is 60.4 Å². The van der Waals surface area contributed by atoms with Gasteiger partial charge in [0.1, 0.15) is 12.4 Å². The van der Waals surface area contributed by atoms with Crippen molar-refractivity contribution in [2.24, 2.45) is 0 Å². The predicted molar refractivity (Wildman–Crippen MR) is 100 cm³/mol. The fourth-order valence-electron chi connectivity index (χ4n) is 3.63. The fraction of sp³-hybridized carbons (Fsp3) is 0.381. The first-order valence-corrected chi connectivity index (χ1v) is 10.5. The Kier molecular flexibility index (Phi) is 5.38. The third-order valence-electron chi connectivity index (χ3n) is 5.25. The third-order valence-corrected chi connectivity index (χ3v) is 7.87. The molecule has 0 aromatic heterocycles. The van der Waals surface area contributed by atoms with E-state index in [0.29, 0.717) is 18.4 Å². The number of hydrogen-bond acceptors (Lipinski definition) is 4. The van der Waals surface area contributed by atoms with Crippen LogP contribution in [0.3, 0.4) is 0 Å². The summed E-state index contributed by atoms with van der Waals surface area (Å²) in [6.07, 6.45) is 1.72. The van der Waals surface area contributed by atoms with E-state index in [1.165, 1.54) is 12.1 Å². The number of hydrogen-bond donors (Lipinski definition) is 0. The van der Waals surface area contributed by atoms with Crippen molar-refractivity contribution < 1.29 is 22.3 Å². The van der Waals surface area contributed by atoms with E-state index < -0.39 is 26.4 Å². The first-order chi connectivity index (χ1) is 12.8. The molecule has 0 atom stereocenters. The number of carbonyl (C=O) groups excluding carboxylic acids is 1. The lowest BCUT2D eigenvalue weighted by Gasteiger charge is -2.27. The van der Waals surface area contributed by atoms with Gasteiger partial charge in [0.15, 0.2) is 14.6 Å². The molecule has 0 radical (unpaired) electrons. The summed E-state index contributed by atoms with van der Waals surface area (Å²) in [5, 5.41) is 0. The molecule has 6 heteroatoms. The standard InChI is InChI=1S/C21H23FO4S/c1-15-9-10-16(2)19(13-15)27(24,25)21(11-5-6-12-21)20(23)26-14-17-7-3-4-8-18(17)22/h3-4,7-10,13H,5-6,11-12,14H2,1-2H3. The highest BCUT2D eigenvalue weighted by Crippen LogP contribution is 2.42. The molecule has 0 unspecified atom stereocenters. The highest BCUT2D eigenvalue weighted by Gasteiger charge is 2.54. The molecule has 0 N–H and O–H groups in total. The lowest BCUT2D eigenvalue weighted by molar-refractivity contribution is -0.148. The zero-order valence-electron chi connectivity index (χ0n) is 15.5. The molecule has 1 aliphatic carbocycles. The van der Waals surface area contributed by atoms with Crippen molar-refractivity contribution in [1.29, 1.82) is 0 Å². The van der Waals surface area contributed by atoms with Crippen molar-refractivity contribution in [2.75, 3.05) is 0 Å². The van der Waals surface area contributed by atoms with Gasteiger partial charge >= 0.3 is 5.97 Å². The zero-order chi connectivity index (χ0) is 19.7. The zero-order valence-corrected chi connectivity index (χ0v) is 16.3. The molecule has 0 spiro atoms. The normalized spacial score (nSPS) is 16.3. The van der Waals surface area contributed by atoms with E-state index in [9.17, 15) is 17.6 Å². The number of aryl methyl sites for hydroxylation is 2. The Bertz CT molecular complexity index is 960. The Morgan fingerprint density at radius 3 is 2.44 bits per heavy atom. The van der Waals surface area contributed by atoms with Crippen LogP contribution in [0.5, 0.6) is 0 Å². The number of benzene rings is 2. The van der Waals surface area contributed by atoms with Crippen molar-refractivity contribution in [1.82, 2.24) is 0 Å². The van der Waals surface area contributed by atoms with Crippen LogP contribution in [-0.4, -0.2) is 19.1 Å². The number of ether oxygens (including phenoxy) is 1. The summed E-state index contributed by atoms with van der Waals surface area (Å²) < 4.78 is 44.5. The number of rotatable bonds is 5. The van der Waals surface area contributed by atoms with E-state index >= 15 is 0 Å². The molecule has 1 fully saturated rings. The molecule has 0 saturated heterocycles. The largest absolute Gasteiger partial charge is 0.460 e. The summed E-state index contributed by atoms with van der Waals surface area (Å²) in [5.41, 5.74) is 1.64. The van der Waals surface area contributed by atoms with Gasteiger partial charge in [0, 0.05) is 5.56 Å². The van der Waals surface area contributed by atoms with Gasteiger partial charge in [0.25, 0.3) is 0 Å². The fourth-order valence-corrected chi connectivity index (χ4v) is 5.98. The number of carbonyl (C=O) groups is 1. The van der Waals surface area contributed by atoms with Crippen molar-refractivity contribution in [2.45, 2.75) is 55.8 Å². The van der Waals surface area contributed by atoms with Gasteiger partial charge in [-0.05, 0) is 49.9 Å². The molecule has 3 rings (SSSR count). The van der Waals surface area contributed by atoms with Crippen LogP contribution in [0.15, 0.2) is 47.4 Å². The van der Waals surface area contributed by atoms with E-state index in [1.807, 2.05) is 13.0 Å². The van der Waals surface area contributed by atoms with E-state index in [2.05, 4.69) is 0 Å².